The number of para-hydroxylation sites is 1. The molecule has 0 radical (unpaired) electrons. The van der Waals surface area contributed by atoms with Crippen LogP contribution in [0.3, 0.4) is 0 Å². The monoisotopic (exact) mass is 718 g/mol. The number of hydrogen-bond acceptors (Lipinski definition) is 6. The highest BCUT2D eigenvalue weighted by Gasteiger charge is 2.37. The van der Waals surface area contributed by atoms with Crippen molar-refractivity contribution in [3.8, 4) is 0 Å². The average molecular weight is 719 g/mol. The molecule has 4 aliphatic rings. The molecule has 0 spiro atoms. The van der Waals surface area contributed by atoms with E-state index >= 15 is 0 Å². The lowest BCUT2D eigenvalue weighted by molar-refractivity contribution is -0.137. The Labute approximate surface area is 295 Å². The number of fused-ring (bicyclic) bond motifs is 1. The van der Waals surface area contributed by atoms with Crippen LogP contribution in [0.1, 0.15) is 48.8 Å². The Kier molecular flexibility index (Phi) is 11.0. The van der Waals surface area contributed by atoms with E-state index in [9.17, 15) is 27.6 Å². The zero-order chi connectivity index (χ0) is 35.6. The molecule has 0 bridgehead atoms. The minimum absolute atomic E-state index is 0.0667. The number of likely N-dealkylation sites (tertiary alicyclic amines) is 2. The van der Waals surface area contributed by atoms with Gasteiger partial charge in [0.25, 0.3) is 0 Å². The van der Waals surface area contributed by atoms with Gasteiger partial charge in [0.2, 0.25) is 5.91 Å². The normalized spacial score (nSPS) is 22.1. The van der Waals surface area contributed by atoms with E-state index in [0.29, 0.717) is 64.8 Å². The molecule has 0 saturated carbocycles. The number of alkyl halides is 3. The van der Waals surface area contributed by atoms with Gasteiger partial charge in [0.15, 0.2) is 0 Å². The first-order valence-corrected chi connectivity index (χ1v) is 17.9. The Morgan fingerprint density at radius 2 is 1.70 bits per heavy atom. The summed E-state index contributed by atoms with van der Waals surface area (Å²) in [5, 5.41) is 5.59. The number of benzene rings is 2. The molecule has 3 fully saturated rings. The van der Waals surface area contributed by atoms with E-state index in [1.807, 2.05) is 29.2 Å². The van der Waals surface area contributed by atoms with Gasteiger partial charge in [-0.1, -0.05) is 29.8 Å². The van der Waals surface area contributed by atoms with Crippen LogP contribution in [0, 0.1) is 0 Å². The molecular weight excluding hydrogens is 673 g/mol. The Bertz CT molecular complexity index is 1560. The zero-order valence-electron chi connectivity index (χ0n) is 28.4. The van der Waals surface area contributed by atoms with E-state index in [4.69, 9.17) is 17.3 Å². The van der Waals surface area contributed by atoms with E-state index in [0.717, 1.165) is 49.5 Å². The van der Waals surface area contributed by atoms with Gasteiger partial charge in [0.1, 0.15) is 6.04 Å². The van der Waals surface area contributed by atoms with Crippen molar-refractivity contribution >= 4 is 40.9 Å². The van der Waals surface area contributed by atoms with Crippen LogP contribution in [-0.2, 0) is 23.8 Å². The molecular formula is C35H46ClF3N8O3. The third-order valence-electron chi connectivity index (χ3n) is 10.6. The largest absolute Gasteiger partial charge is 0.418 e. The summed E-state index contributed by atoms with van der Waals surface area (Å²) in [6.45, 7) is 4.51. The van der Waals surface area contributed by atoms with Gasteiger partial charge < -0.3 is 31.1 Å². The van der Waals surface area contributed by atoms with Crippen molar-refractivity contribution in [3.05, 3.63) is 58.1 Å². The number of rotatable bonds is 6. The van der Waals surface area contributed by atoms with Gasteiger partial charge in [0, 0.05) is 64.0 Å². The number of anilines is 2. The molecule has 11 nitrogen and oxygen atoms in total. The first kappa shape index (κ1) is 36.1. The molecule has 50 heavy (non-hydrogen) atoms. The van der Waals surface area contributed by atoms with E-state index in [2.05, 4.69) is 27.5 Å². The third-order valence-corrected chi connectivity index (χ3v) is 11.0. The quantitative estimate of drug-likeness (QED) is 0.373. The summed E-state index contributed by atoms with van der Waals surface area (Å²) >= 11 is 6.13. The number of nitrogens with zero attached hydrogens (tertiary/aromatic N) is 5. The molecule has 272 valence electrons. The number of carbonyl (C=O) groups excluding carboxylic acids is 3. The molecule has 3 saturated heterocycles. The fourth-order valence-corrected chi connectivity index (χ4v) is 8.04. The number of nitrogen functional groups attached to an aromatic ring is 1. The van der Waals surface area contributed by atoms with Gasteiger partial charge in [0.05, 0.1) is 22.4 Å². The SMILES string of the molecule is CN1CCCC[C@H]1N1CCN(C(=O)C(Cc2cc(Cl)c(N)c(C(F)(F)F)c2)NC(=O)N2CCC(N3CCc4ccccc4NC3=O)CC2)CC1. The highest BCUT2D eigenvalue weighted by molar-refractivity contribution is 6.33. The third kappa shape index (κ3) is 8.07. The van der Waals surface area contributed by atoms with Gasteiger partial charge in [-0.25, -0.2) is 9.59 Å². The maximum absolute atomic E-state index is 14.1. The smallest absolute Gasteiger partial charge is 0.397 e. The summed E-state index contributed by atoms with van der Waals surface area (Å²) in [6, 6.07) is 8.11. The minimum atomic E-state index is -4.74. The van der Waals surface area contributed by atoms with E-state index in [1.165, 1.54) is 6.07 Å². The molecule has 6 rings (SSSR count). The summed E-state index contributed by atoms with van der Waals surface area (Å²) in [5.74, 6) is -0.354. The lowest BCUT2D eigenvalue weighted by Gasteiger charge is -2.45. The van der Waals surface area contributed by atoms with Gasteiger partial charge in [-0.05, 0) is 81.4 Å². The highest BCUT2D eigenvalue weighted by atomic mass is 35.5. The van der Waals surface area contributed by atoms with Crippen LogP contribution in [0.2, 0.25) is 5.02 Å². The van der Waals surface area contributed by atoms with Gasteiger partial charge in [-0.15, -0.1) is 0 Å². The molecule has 2 aromatic carbocycles. The Balaban J connectivity index is 1.13. The predicted molar refractivity (Wildman–Crippen MR) is 186 cm³/mol. The van der Waals surface area contributed by atoms with E-state index < -0.39 is 29.5 Å². The summed E-state index contributed by atoms with van der Waals surface area (Å²) in [6.07, 6.45) is 0.586. The number of carbonyl (C=O) groups is 3. The van der Waals surface area contributed by atoms with Gasteiger partial charge in [-0.3, -0.25) is 14.6 Å². The fourth-order valence-electron chi connectivity index (χ4n) is 7.80. The topological polar surface area (TPSA) is 117 Å². The van der Waals surface area contributed by atoms with Crippen molar-refractivity contribution in [3.63, 3.8) is 0 Å². The Morgan fingerprint density at radius 3 is 2.40 bits per heavy atom. The number of piperazine rings is 1. The number of nitrogens with one attached hydrogen (secondary N) is 2. The summed E-state index contributed by atoms with van der Waals surface area (Å²) < 4.78 is 41.5. The van der Waals surface area contributed by atoms with Crippen LogP contribution in [0.5, 0.6) is 0 Å². The molecule has 0 aliphatic carbocycles. The van der Waals surface area contributed by atoms with Gasteiger partial charge >= 0.3 is 18.2 Å². The maximum Gasteiger partial charge on any atom is 0.418 e. The average Bonchev–Trinajstić information content (AvgIpc) is 3.27. The number of piperidine rings is 2. The number of amides is 5. The Morgan fingerprint density at radius 1 is 0.980 bits per heavy atom. The standard InChI is InChI=1S/C35H46ClF3N8O3/c1-43-12-5-4-8-30(43)44-16-18-45(19-17-44)32(48)29(22-23-20-26(35(37,38)39)31(40)27(36)21-23)42-33(49)46-13-10-25(11-14-46)47-15-9-24-6-2-3-7-28(24)41-34(47)50/h2-3,6-7,20-21,25,29-30H,4-5,8-19,22,40H2,1H3,(H,41,50)(H,42,49)/t29?,30-/m1/s1. The van der Waals surface area contributed by atoms with Crippen LogP contribution >= 0.6 is 11.6 Å². The second-order valence-electron chi connectivity index (χ2n) is 13.8. The number of halogens is 4. The maximum atomic E-state index is 14.1. The van der Waals surface area contributed by atoms with E-state index in [-0.39, 0.29) is 35.0 Å². The first-order chi connectivity index (χ1) is 23.9. The van der Waals surface area contributed by atoms with Crippen molar-refractivity contribution in [2.24, 2.45) is 0 Å². The molecule has 1 unspecified atom stereocenters. The van der Waals surface area contributed by atoms with Crippen molar-refractivity contribution in [1.29, 1.82) is 0 Å². The van der Waals surface area contributed by atoms with E-state index in [1.54, 1.807) is 9.80 Å². The van der Waals surface area contributed by atoms with Crippen LogP contribution in [-0.4, -0.2) is 120 Å². The highest BCUT2D eigenvalue weighted by Crippen LogP contribution is 2.38. The van der Waals surface area contributed by atoms with Crippen molar-refractivity contribution in [1.82, 2.24) is 29.8 Å². The Hall–Kier alpha value is -3.75. The second-order valence-corrected chi connectivity index (χ2v) is 14.2. The molecule has 4 aliphatic heterocycles. The van der Waals surface area contributed by atoms with Crippen LogP contribution in [0.25, 0.3) is 0 Å². The van der Waals surface area contributed by atoms with Crippen LogP contribution in [0.4, 0.5) is 34.1 Å². The lowest BCUT2D eigenvalue weighted by Crippen LogP contribution is -2.60. The number of urea groups is 2. The molecule has 4 heterocycles. The molecule has 0 aromatic heterocycles. The fraction of sp³-hybridized carbons (Fsp3) is 0.571. The summed E-state index contributed by atoms with van der Waals surface area (Å²) in [4.78, 5) is 50.7. The molecule has 5 amide bonds. The lowest BCUT2D eigenvalue weighted by atomic mass is 10.00. The van der Waals surface area contributed by atoms with Crippen LogP contribution in [0.15, 0.2) is 36.4 Å². The molecule has 2 atom stereocenters. The van der Waals surface area contributed by atoms with Crippen molar-refractivity contribution < 1.29 is 27.6 Å². The molecule has 4 N–H and O–H groups in total. The molecule has 15 heteroatoms. The zero-order valence-corrected chi connectivity index (χ0v) is 29.1. The van der Waals surface area contributed by atoms with Crippen molar-refractivity contribution in [2.75, 3.05) is 70.5 Å². The number of nitrogens with two attached hydrogens (primary N) is 1. The summed E-state index contributed by atoms with van der Waals surface area (Å²) in [5.41, 5.74) is 6.03. The van der Waals surface area contributed by atoms with Crippen molar-refractivity contribution in [2.45, 2.75) is 69.4 Å². The predicted octanol–water partition coefficient (Wildman–Crippen LogP) is 4.70. The summed E-state index contributed by atoms with van der Waals surface area (Å²) in [7, 11) is 2.12. The number of hydrogen-bond donors (Lipinski definition) is 3. The second kappa shape index (κ2) is 15.2. The minimum Gasteiger partial charge on any atom is -0.397 e. The first-order valence-electron chi connectivity index (χ1n) is 17.5. The molecule has 2 aromatic rings. The van der Waals surface area contributed by atoms with Crippen LogP contribution < -0.4 is 16.4 Å². The van der Waals surface area contributed by atoms with Gasteiger partial charge in [-0.2, -0.15) is 13.2 Å².